The van der Waals surface area contributed by atoms with Crippen molar-refractivity contribution >= 4 is 34.3 Å². The Labute approximate surface area is 249 Å². The third-order valence-corrected chi connectivity index (χ3v) is 8.47. The first-order chi connectivity index (χ1) is 20.5. The monoisotopic (exact) mass is 582 g/mol. The van der Waals surface area contributed by atoms with Crippen LogP contribution in [0.5, 0.6) is 5.75 Å². The molecule has 2 fully saturated rings. The molecule has 4 aromatic rings. The highest BCUT2D eigenvalue weighted by Crippen LogP contribution is 2.31. The van der Waals surface area contributed by atoms with Crippen LogP contribution < -0.4 is 4.74 Å². The maximum atomic E-state index is 13.8. The number of pyridine rings is 1. The molecule has 42 heavy (non-hydrogen) atoms. The predicted octanol–water partition coefficient (Wildman–Crippen LogP) is 5.44. The molecule has 6 rings (SSSR count). The summed E-state index contributed by atoms with van der Waals surface area (Å²) >= 11 is 6.00. The second-order valence-electron chi connectivity index (χ2n) is 10.9. The van der Waals surface area contributed by atoms with E-state index in [2.05, 4.69) is 11.2 Å². The molecular formula is C32H31ClN6O3. The SMILES string of the molecule is N#CC1(n2cccn2)CCN(C(=O)c2cc(C(=O)N3CCCCC3)c3cc(OCc4ccc(Cl)cc4)ccc3n2)CC1. The van der Waals surface area contributed by atoms with Crippen LogP contribution in [-0.2, 0) is 12.1 Å². The lowest BCUT2D eigenvalue weighted by molar-refractivity contribution is 0.0639. The fraction of sp³-hybridized carbons (Fsp3) is 0.344. The van der Waals surface area contributed by atoms with Gasteiger partial charge in [0.2, 0.25) is 0 Å². The minimum absolute atomic E-state index is 0.105. The van der Waals surface area contributed by atoms with Crippen molar-refractivity contribution in [1.29, 1.82) is 5.26 Å². The molecule has 0 bridgehead atoms. The van der Waals surface area contributed by atoms with E-state index < -0.39 is 5.54 Å². The number of carbonyl (C=O) groups excluding carboxylic acids is 2. The van der Waals surface area contributed by atoms with Crippen LogP contribution in [0.2, 0.25) is 5.02 Å². The summed E-state index contributed by atoms with van der Waals surface area (Å²) in [6.45, 7) is 2.50. The van der Waals surface area contributed by atoms with Gasteiger partial charge in [-0.25, -0.2) is 4.98 Å². The van der Waals surface area contributed by atoms with Gasteiger partial charge >= 0.3 is 0 Å². The van der Waals surface area contributed by atoms with Crippen molar-refractivity contribution in [3.8, 4) is 11.8 Å². The van der Waals surface area contributed by atoms with Gasteiger partial charge in [0, 0.05) is 61.8 Å². The van der Waals surface area contributed by atoms with Crippen LogP contribution in [0.1, 0.15) is 58.5 Å². The van der Waals surface area contributed by atoms with E-state index in [1.54, 1.807) is 46.2 Å². The Morgan fingerprint density at radius 1 is 0.952 bits per heavy atom. The zero-order chi connectivity index (χ0) is 29.1. The number of piperidine rings is 2. The van der Waals surface area contributed by atoms with Crippen LogP contribution in [0.25, 0.3) is 10.9 Å². The lowest BCUT2D eigenvalue weighted by Crippen LogP contribution is -2.47. The third-order valence-electron chi connectivity index (χ3n) is 8.22. The van der Waals surface area contributed by atoms with Crippen LogP contribution in [0.15, 0.2) is 67.0 Å². The normalized spacial score (nSPS) is 16.7. The van der Waals surface area contributed by atoms with E-state index in [1.807, 2.05) is 35.2 Å². The standard InChI is InChI=1S/C32H31ClN6O3/c33-24-7-5-23(6-8-24)21-42-25-9-10-28-26(19-25)27(30(40)37-14-2-1-3-15-37)20-29(36-28)31(41)38-17-11-32(22-34,12-18-38)39-16-4-13-35-39/h4-10,13,16,19-20H,1-3,11-12,14-15,17-18,21H2. The summed E-state index contributed by atoms with van der Waals surface area (Å²) in [7, 11) is 0. The molecule has 0 atom stereocenters. The van der Waals surface area contributed by atoms with Crippen LogP contribution in [0.4, 0.5) is 0 Å². The number of nitriles is 1. The summed E-state index contributed by atoms with van der Waals surface area (Å²) in [6.07, 6.45) is 7.38. The largest absolute Gasteiger partial charge is 0.489 e. The first kappa shape index (κ1) is 27.7. The summed E-state index contributed by atoms with van der Waals surface area (Å²) in [4.78, 5) is 35.8. The van der Waals surface area contributed by atoms with E-state index in [9.17, 15) is 14.9 Å². The summed E-state index contributed by atoms with van der Waals surface area (Å²) in [5.74, 6) is 0.250. The highest BCUT2D eigenvalue weighted by Gasteiger charge is 2.39. The highest BCUT2D eigenvalue weighted by atomic mass is 35.5. The molecule has 0 unspecified atom stereocenters. The predicted molar refractivity (Wildman–Crippen MR) is 158 cm³/mol. The number of benzene rings is 2. The summed E-state index contributed by atoms with van der Waals surface area (Å²) in [5.41, 5.74) is 1.41. The molecule has 2 saturated heterocycles. The van der Waals surface area contributed by atoms with Crippen molar-refractivity contribution in [3.63, 3.8) is 0 Å². The number of hydrogen-bond donors (Lipinski definition) is 0. The fourth-order valence-electron chi connectivity index (χ4n) is 5.75. The van der Waals surface area contributed by atoms with E-state index in [4.69, 9.17) is 21.3 Å². The van der Waals surface area contributed by atoms with Crippen molar-refractivity contribution in [2.45, 2.75) is 44.2 Å². The zero-order valence-electron chi connectivity index (χ0n) is 23.2. The molecule has 10 heteroatoms. The number of halogens is 1. The van der Waals surface area contributed by atoms with Crippen molar-refractivity contribution in [2.75, 3.05) is 26.2 Å². The first-order valence-electron chi connectivity index (χ1n) is 14.3. The van der Waals surface area contributed by atoms with Gasteiger partial charge in [0.05, 0.1) is 17.1 Å². The number of aromatic nitrogens is 3. The molecular weight excluding hydrogens is 552 g/mol. The van der Waals surface area contributed by atoms with E-state index in [0.717, 1.165) is 24.8 Å². The second-order valence-corrected chi connectivity index (χ2v) is 11.3. The Morgan fingerprint density at radius 2 is 1.69 bits per heavy atom. The van der Waals surface area contributed by atoms with Crippen molar-refractivity contribution in [2.24, 2.45) is 0 Å². The second kappa shape index (κ2) is 11.8. The molecule has 0 N–H and O–H groups in total. The Bertz CT molecular complexity index is 1630. The first-order valence-corrected chi connectivity index (χ1v) is 14.7. The zero-order valence-corrected chi connectivity index (χ0v) is 24.0. The van der Waals surface area contributed by atoms with Crippen molar-refractivity contribution in [1.82, 2.24) is 24.6 Å². The van der Waals surface area contributed by atoms with Gasteiger partial charge in [0.15, 0.2) is 5.54 Å². The van der Waals surface area contributed by atoms with E-state index >= 15 is 0 Å². The number of likely N-dealkylation sites (tertiary alicyclic amines) is 2. The Morgan fingerprint density at radius 3 is 2.38 bits per heavy atom. The molecule has 0 radical (unpaired) electrons. The van der Waals surface area contributed by atoms with Gasteiger partial charge in [0.1, 0.15) is 18.1 Å². The number of carbonyl (C=O) groups is 2. The Balaban J connectivity index is 1.28. The van der Waals surface area contributed by atoms with Crippen LogP contribution >= 0.6 is 11.6 Å². The summed E-state index contributed by atoms with van der Waals surface area (Å²) < 4.78 is 7.74. The van der Waals surface area contributed by atoms with Gasteiger partial charge in [-0.1, -0.05) is 23.7 Å². The number of rotatable bonds is 6. The Hall–Kier alpha value is -4.42. The van der Waals surface area contributed by atoms with Crippen LogP contribution in [0.3, 0.4) is 0 Å². The number of hydrogen-bond acceptors (Lipinski definition) is 6. The smallest absolute Gasteiger partial charge is 0.272 e. The summed E-state index contributed by atoms with van der Waals surface area (Å²) in [5, 5.41) is 15.5. The molecule has 214 valence electrons. The maximum absolute atomic E-state index is 13.8. The minimum Gasteiger partial charge on any atom is -0.489 e. The van der Waals surface area contributed by atoms with Crippen LogP contribution in [-0.4, -0.2) is 62.6 Å². The van der Waals surface area contributed by atoms with Gasteiger partial charge < -0.3 is 14.5 Å². The average molecular weight is 583 g/mol. The molecule has 2 aliphatic rings. The fourth-order valence-corrected chi connectivity index (χ4v) is 5.88. The maximum Gasteiger partial charge on any atom is 0.272 e. The van der Waals surface area contributed by atoms with Gasteiger partial charge in [-0.2, -0.15) is 10.4 Å². The van der Waals surface area contributed by atoms with Gasteiger partial charge in [0.25, 0.3) is 11.8 Å². The number of nitrogens with zero attached hydrogens (tertiary/aromatic N) is 6. The molecule has 2 aliphatic heterocycles. The molecule has 0 spiro atoms. The molecule has 2 aromatic carbocycles. The lowest BCUT2D eigenvalue weighted by atomic mass is 9.89. The van der Waals surface area contributed by atoms with Crippen molar-refractivity contribution in [3.05, 3.63) is 88.8 Å². The van der Waals surface area contributed by atoms with Crippen molar-refractivity contribution < 1.29 is 14.3 Å². The van der Waals surface area contributed by atoms with E-state index in [-0.39, 0.29) is 17.5 Å². The molecule has 4 heterocycles. The quantitative estimate of drug-likeness (QED) is 0.300. The number of fused-ring (bicyclic) bond motifs is 1. The lowest BCUT2D eigenvalue weighted by Gasteiger charge is -2.37. The highest BCUT2D eigenvalue weighted by molar-refractivity contribution is 6.30. The number of ether oxygens (including phenoxy) is 1. The van der Waals surface area contributed by atoms with Crippen LogP contribution in [0, 0.1) is 11.3 Å². The Kier molecular flexibility index (Phi) is 7.81. The minimum atomic E-state index is -0.783. The van der Waals surface area contributed by atoms with Gasteiger partial charge in [-0.05, 0) is 67.3 Å². The topological polar surface area (TPSA) is 104 Å². The van der Waals surface area contributed by atoms with Gasteiger partial charge in [-0.3, -0.25) is 14.3 Å². The third kappa shape index (κ3) is 5.55. The van der Waals surface area contributed by atoms with Gasteiger partial charge in [-0.15, -0.1) is 0 Å². The van der Waals surface area contributed by atoms with E-state index in [1.165, 1.54) is 0 Å². The number of amides is 2. The molecule has 2 aromatic heterocycles. The van der Waals surface area contributed by atoms with E-state index in [0.29, 0.717) is 72.9 Å². The molecule has 2 amide bonds. The molecule has 0 aliphatic carbocycles. The molecule has 0 saturated carbocycles. The average Bonchev–Trinajstić information content (AvgIpc) is 3.60. The summed E-state index contributed by atoms with van der Waals surface area (Å²) in [6, 6.07) is 18.7. The molecule has 9 nitrogen and oxygen atoms in total.